The van der Waals surface area contributed by atoms with Crippen molar-refractivity contribution >= 4 is 29.0 Å². The number of benzene rings is 1. The molecular formula is C21H25N5O2. The second kappa shape index (κ2) is 7.39. The van der Waals surface area contributed by atoms with Crippen LogP contribution in [0.1, 0.15) is 31.2 Å². The van der Waals surface area contributed by atoms with E-state index in [1.165, 1.54) is 18.5 Å². The Morgan fingerprint density at radius 3 is 2.57 bits per heavy atom. The Morgan fingerprint density at radius 1 is 1.07 bits per heavy atom. The Labute approximate surface area is 164 Å². The molecule has 0 atom stereocenters. The zero-order valence-electron chi connectivity index (χ0n) is 15.9. The molecule has 0 spiro atoms. The number of ether oxygens (including phenoxy) is 1. The summed E-state index contributed by atoms with van der Waals surface area (Å²) in [4.78, 5) is 25.9. The van der Waals surface area contributed by atoms with E-state index >= 15 is 0 Å². The molecule has 3 aliphatic rings. The fraction of sp³-hybridized carbons (Fsp3) is 0.476. The van der Waals surface area contributed by atoms with Crippen molar-refractivity contribution in [3.05, 3.63) is 36.0 Å². The average Bonchev–Trinajstić information content (AvgIpc) is 3.36. The first-order chi connectivity index (χ1) is 13.8. The first kappa shape index (κ1) is 17.4. The predicted octanol–water partition coefficient (Wildman–Crippen LogP) is 2.89. The third kappa shape index (κ3) is 3.30. The summed E-state index contributed by atoms with van der Waals surface area (Å²) in [7, 11) is 0. The molecule has 1 aromatic carbocycles. The molecule has 1 aromatic heterocycles. The molecule has 0 unspecified atom stereocenters. The second-order valence-corrected chi connectivity index (χ2v) is 7.69. The molecule has 7 nitrogen and oxygen atoms in total. The van der Waals surface area contributed by atoms with E-state index in [1.807, 2.05) is 17.0 Å². The highest BCUT2D eigenvalue weighted by Crippen LogP contribution is 2.35. The van der Waals surface area contributed by atoms with Crippen LogP contribution in [0, 0.1) is 0 Å². The molecule has 1 aliphatic carbocycles. The van der Waals surface area contributed by atoms with Crippen molar-refractivity contribution in [2.45, 2.75) is 38.1 Å². The van der Waals surface area contributed by atoms with Crippen LogP contribution in [0.4, 0.5) is 23.1 Å². The molecule has 2 aliphatic heterocycles. The molecule has 3 heterocycles. The van der Waals surface area contributed by atoms with E-state index in [9.17, 15) is 4.79 Å². The largest absolute Gasteiger partial charge is 0.378 e. The van der Waals surface area contributed by atoms with Gasteiger partial charge in [-0.05, 0) is 37.1 Å². The number of aromatic nitrogens is 2. The maximum Gasteiger partial charge on any atom is 0.233 e. The number of morpholine rings is 1. The van der Waals surface area contributed by atoms with E-state index in [0.717, 1.165) is 56.2 Å². The normalized spacial score (nSPS) is 19.9. The summed E-state index contributed by atoms with van der Waals surface area (Å²) in [6.07, 6.45) is 6.73. The van der Waals surface area contributed by atoms with Crippen molar-refractivity contribution < 1.29 is 9.53 Å². The van der Waals surface area contributed by atoms with Gasteiger partial charge in [-0.2, -0.15) is 4.98 Å². The van der Waals surface area contributed by atoms with Gasteiger partial charge in [0.15, 0.2) is 0 Å². The number of anilines is 4. The molecule has 0 bridgehead atoms. The van der Waals surface area contributed by atoms with Gasteiger partial charge in [-0.1, -0.05) is 12.8 Å². The van der Waals surface area contributed by atoms with Gasteiger partial charge in [0.1, 0.15) is 5.82 Å². The summed E-state index contributed by atoms with van der Waals surface area (Å²) in [5.41, 5.74) is 3.07. The monoisotopic (exact) mass is 379 g/mol. The van der Waals surface area contributed by atoms with Gasteiger partial charge in [0, 0.05) is 42.3 Å². The topological polar surface area (TPSA) is 70.6 Å². The SMILES string of the molecule is O=C1Cc2cnc(Nc3ccc(N4CCOCC4)cc3)nc2N1C1CCCC1. The van der Waals surface area contributed by atoms with Crippen LogP contribution in [0.25, 0.3) is 0 Å². The zero-order chi connectivity index (χ0) is 18.9. The minimum absolute atomic E-state index is 0.156. The summed E-state index contributed by atoms with van der Waals surface area (Å²) in [6.45, 7) is 3.40. The molecule has 7 heteroatoms. The van der Waals surface area contributed by atoms with Crippen LogP contribution in [-0.4, -0.2) is 48.2 Å². The predicted molar refractivity (Wildman–Crippen MR) is 108 cm³/mol. The Bertz CT molecular complexity index is 858. The van der Waals surface area contributed by atoms with Crippen LogP contribution in [0.3, 0.4) is 0 Å². The Balaban J connectivity index is 1.33. The lowest BCUT2D eigenvalue weighted by molar-refractivity contribution is -0.117. The third-order valence-corrected chi connectivity index (χ3v) is 5.87. The molecule has 2 fully saturated rings. The molecule has 0 radical (unpaired) electrons. The molecule has 1 saturated heterocycles. The highest BCUT2D eigenvalue weighted by Gasteiger charge is 2.36. The quantitative estimate of drug-likeness (QED) is 0.881. The van der Waals surface area contributed by atoms with Crippen LogP contribution in [0.2, 0.25) is 0 Å². The molecule has 2 aromatic rings. The highest BCUT2D eigenvalue weighted by molar-refractivity contribution is 6.00. The van der Waals surface area contributed by atoms with Crippen LogP contribution in [-0.2, 0) is 16.0 Å². The molecular weight excluding hydrogens is 354 g/mol. The zero-order valence-corrected chi connectivity index (χ0v) is 15.9. The van der Waals surface area contributed by atoms with Gasteiger partial charge in [0.05, 0.1) is 19.6 Å². The van der Waals surface area contributed by atoms with Crippen LogP contribution >= 0.6 is 0 Å². The van der Waals surface area contributed by atoms with Crippen LogP contribution < -0.4 is 15.1 Å². The lowest BCUT2D eigenvalue weighted by atomic mass is 10.2. The van der Waals surface area contributed by atoms with Crippen molar-refractivity contribution in [3.8, 4) is 0 Å². The Kier molecular flexibility index (Phi) is 4.60. The number of amides is 1. The molecule has 1 saturated carbocycles. The standard InChI is InChI=1S/C21H25N5O2/c27-19-13-15-14-22-21(24-20(15)26(19)18-3-1-2-4-18)23-16-5-7-17(8-6-16)25-9-11-28-12-10-25/h5-8,14,18H,1-4,9-13H2,(H,22,23,24). The fourth-order valence-electron chi connectivity index (χ4n) is 4.40. The fourth-order valence-corrected chi connectivity index (χ4v) is 4.40. The Morgan fingerprint density at radius 2 is 1.82 bits per heavy atom. The molecule has 28 heavy (non-hydrogen) atoms. The summed E-state index contributed by atoms with van der Waals surface area (Å²) in [5, 5.41) is 3.29. The number of carbonyl (C=O) groups is 1. The van der Waals surface area contributed by atoms with Gasteiger partial charge >= 0.3 is 0 Å². The average molecular weight is 379 g/mol. The number of fused-ring (bicyclic) bond motifs is 1. The molecule has 5 rings (SSSR count). The summed E-state index contributed by atoms with van der Waals surface area (Å²) >= 11 is 0. The van der Waals surface area contributed by atoms with Gasteiger partial charge in [-0.15, -0.1) is 0 Å². The first-order valence-corrected chi connectivity index (χ1v) is 10.2. The summed E-state index contributed by atoms with van der Waals surface area (Å²) < 4.78 is 5.42. The lowest BCUT2D eigenvalue weighted by Crippen LogP contribution is -2.36. The molecule has 1 N–H and O–H groups in total. The second-order valence-electron chi connectivity index (χ2n) is 7.69. The number of hydrogen-bond donors (Lipinski definition) is 1. The summed E-state index contributed by atoms with van der Waals surface area (Å²) in [5.74, 6) is 1.48. The van der Waals surface area contributed by atoms with E-state index in [1.54, 1.807) is 6.20 Å². The first-order valence-electron chi connectivity index (χ1n) is 10.2. The van der Waals surface area contributed by atoms with E-state index in [4.69, 9.17) is 9.72 Å². The van der Waals surface area contributed by atoms with E-state index < -0.39 is 0 Å². The highest BCUT2D eigenvalue weighted by atomic mass is 16.5. The maximum atomic E-state index is 12.5. The van der Waals surface area contributed by atoms with Crippen molar-refractivity contribution in [3.63, 3.8) is 0 Å². The van der Waals surface area contributed by atoms with Gasteiger partial charge in [0.2, 0.25) is 11.9 Å². The molecule has 146 valence electrons. The van der Waals surface area contributed by atoms with E-state index in [-0.39, 0.29) is 5.91 Å². The van der Waals surface area contributed by atoms with E-state index in [0.29, 0.717) is 18.4 Å². The van der Waals surface area contributed by atoms with Crippen molar-refractivity contribution in [1.29, 1.82) is 0 Å². The number of carbonyl (C=O) groups excluding carboxylic acids is 1. The minimum atomic E-state index is 0.156. The van der Waals surface area contributed by atoms with Gasteiger partial charge in [-0.25, -0.2) is 4.98 Å². The number of rotatable bonds is 4. The number of nitrogens with one attached hydrogen (secondary N) is 1. The maximum absolute atomic E-state index is 12.5. The van der Waals surface area contributed by atoms with Crippen molar-refractivity contribution in [2.75, 3.05) is 41.4 Å². The Hall–Kier alpha value is -2.67. The van der Waals surface area contributed by atoms with Gasteiger partial charge < -0.3 is 15.0 Å². The van der Waals surface area contributed by atoms with Crippen LogP contribution in [0.15, 0.2) is 30.5 Å². The van der Waals surface area contributed by atoms with E-state index in [2.05, 4.69) is 27.3 Å². The van der Waals surface area contributed by atoms with Gasteiger partial charge in [-0.3, -0.25) is 9.69 Å². The number of nitrogens with zero attached hydrogens (tertiary/aromatic N) is 4. The minimum Gasteiger partial charge on any atom is -0.378 e. The van der Waals surface area contributed by atoms with Gasteiger partial charge in [0.25, 0.3) is 0 Å². The third-order valence-electron chi connectivity index (χ3n) is 5.87. The van der Waals surface area contributed by atoms with Crippen molar-refractivity contribution in [2.24, 2.45) is 0 Å². The summed E-state index contributed by atoms with van der Waals surface area (Å²) in [6, 6.07) is 8.59. The van der Waals surface area contributed by atoms with Crippen molar-refractivity contribution in [1.82, 2.24) is 9.97 Å². The number of hydrogen-bond acceptors (Lipinski definition) is 6. The molecule has 1 amide bonds. The smallest absolute Gasteiger partial charge is 0.233 e. The lowest BCUT2D eigenvalue weighted by Gasteiger charge is -2.28. The van der Waals surface area contributed by atoms with Crippen LogP contribution in [0.5, 0.6) is 0 Å².